The molecule has 0 spiro atoms. The molecule has 0 fully saturated rings. The standard InChI is InChI=1S/C3H8O2Si/c1-3-6(2,4)5/h3-5H,1H2,2H3. The Labute approximate surface area is 38.0 Å². The second-order valence-electron chi connectivity index (χ2n) is 1.30. The zero-order valence-corrected chi connectivity index (χ0v) is 4.68. The van der Waals surface area contributed by atoms with Crippen molar-refractivity contribution in [2.75, 3.05) is 0 Å². The molecule has 2 N–H and O–H groups in total. The van der Waals surface area contributed by atoms with Crippen LogP contribution in [0.2, 0.25) is 6.55 Å². The SMILES string of the molecule is C=C[Si](C)(O)O. The van der Waals surface area contributed by atoms with Gasteiger partial charge in [0, 0.05) is 0 Å². The molecule has 36 valence electrons. The molecule has 0 atom stereocenters. The fourth-order valence-corrected chi connectivity index (χ4v) is 0. The van der Waals surface area contributed by atoms with E-state index in [1.165, 1.54) is 12.2 Å². The van der Waals surface area contributed by atoms with Crippen LogP contribution in [0.1, 0.15) is 0 Å². The third-order valence-electron chi connectivity index (χ3n) is 0.387. The van der Waals surface area contributed by atoms with Crippen molar-refractivity contribution in [3.63, 3.8) is 0 Å². The second-order valence-corrected chi connectivity index (χ2v) is 3.89. The maximum absolute atomic E-state index is 8.40. The minimum atomic E-state index is -2.87. The minimum absolute atomic E-state index is 1.19. The molecule has 0 saturated heterocycles. The smallest absolute Gasteiger partial charge is 0.355 e. The van der Waals surface area contributed by atoms with Gasteiger partial charge >= 0.3 is 8.56 Å². The molecule has 0 aromatic rings. The summed E-state index contributed by atoms with van der Waals surface area (Å²) in [6.45, 7) is 4.57. The number of rotatable bonds is 1. The molecule has 3 heteroatoms. The van der Waals surface area contributed by atoms with Gasteiger partial charge in [0.1, 0.15) is 0 Å². The molecule has 0 aromatic carbocycles. The molecule has 0 aliphatic heterocycles. The lowest BCUT2D eigenvalue weighted by Crippen LogP contribution is -2.25. The Balaban J connectivity index is 3.45. The van der Waals surface area contributed by atoms with E-state index in [-0.39, 0.29) is 0 Å². The van der Waals surface area contributed by atoms with Crippen molar-refractivity contribution in [2.24, 2.45) is 0 Å². The fourth-order valence-electron chi connectivity index (χ4n) is 0. The molecule has 0 radical (unpaired) electrons. The van der Waals surface area contributed by atoms with Crippen molar-refractivity contribution in [2.45, 2.75) is 6.55 Å². The summed E-state index contributed by atoms with van der Waals surface area (Å²) < 4.78 is 0. The lowest BCUT2D eigenvalue weighted by molar-refractivity contribution is 0.390. The highest BCUT2D eigenvalue weighted by Crippen LogP contribution is 1.86. The van der Waals surface area contributed by atoms with Gasteiger partial charge in [-0.05, 0) is 6.55 Å². The zero-order chi connectivity index (χ0) is 5.21. The van der Waals surface area contributed by atoms with Gasteiger partial charge in [0.05, 0.1) is 0 Å². The van der Waals surface area contributed by atoms with Crippen LogP contribution in [0.25, 0.3) is 0 Å². The Morgan fingerprint density at radius 3 is 1.83 bits per heavy atom. The molecule has 0 aromatic heterocycles. The molecule has 0 aliphatic carbocycles. The summed E-state index contributed by atoms with van der Waals surface area (Å²) in [6.07, 6.45) is 0. The lowest BCUT2D eigenvalue weighted by Gasteiger charge is -2.00. The van der Waals surface area contributed by atoms with Gasteiger partial charge in [-0.3, -0.25) is 0 Å². The molecule has 0 saturated carbocycles. The van der Waals surface area contributed by atoms with E-state index in [2.05, 4.69) is 6.58 Å². The molecule has 2 nitrogen and oxygen atoms in total. The summed E-state index contributed by atoms with van der Waals surface area (Å²) in [7, 11) is -2.87. The van der Waals surface area contributed by atoms with Gasteiger partial charge in [0.25, 0.3) is 0 Å². The van der Waals surface area contributed by atoms with Crippen LogP contribution in [0.4, 0.5) is 0 Å². The topological polar surface area (TPSA) is 40.5 Å². The van der Waals surface area contributed by atoms with E-state index >= 15 is 0 Å². The van der Waals surface area contributed by atoms with Crippen LogP contribution in [0.15, 0.2) is 12.3 Å². The Kier molecular flexibility index (Phi) is 1.52. The molecule has 0 aliphatic rings. The third kappa shape index (κ3) is 3.88. The van der Waals surface area contributed by atoms with Crippen molar-refractivity contribution in [3.8, 4) is 0 Å². The summed E-state index contributed by atoms with van der Waals surface area (Å²) in [5, 5.41) is 0. The molecule has 0 bridgehead atoms. The van der Waals surface area contributed by atoms with Crippen LogP contribution in [0.5, 0.6) is 0 Å². The summed E-state index contributed by atoms with van der Waals surface area (Å²) >= 11 is 0. The first-order chi connectivity index (χ1) is 2.56. The summed E-state index contributed by atoms with van der Waals surface area (Å²) in [6, 6.07) is 0. The Bertz CT molecular complexity index is 54.3. The summed E-state index contributed by atoms with van der Waals surface area (Å²) in [5.41, 5.74) is 1.19. The Morgan fingerprint density at radius 1 is 1.67 bits per heavy atom. The predicted molar refractivity (Wildman–Crippen MR) is 26.3 cm³/mol. The average Bonchev–Trinajstić information content (AvgIpc) is 1.35. The number of hydrogen-bond acceptors (Lipinski definition) is 2. The first-order valence-electron chi connectivity index (χ1n) is 1.64. The number of hydrogen-bond donors (Lipinski definition) is 2. The van der Waals surface area contributed by atoms with Gasteiger partial charge in [-0.2, -0.15) is 0 Å². The highest BCUT2D eigenvalue weighted by molar-refractivity contribution is 6.68. The van der Waals surface area contributed by atoms with Gasteiger partial charge in [0.15, 0.2) is 0 Å². The molecule has 0 unspecified atom stereocenters. The molecular formula is C3H8O2Si. The van der Waals surface area contributed by atoms with E-state index in [1.807, 2.05) is 0 Å². The third-order valence-corrected chi connectivity index (χ3v) is 1.16. The molecule has 0 amide bonds. The first kappa shape index (κ1) is 5.88. The largest absolute Gasteiger partial charge is 0.408 e. The monoisotopic (exact) mass is 104 g/mol. The van der Waals surface area contributed by atoms with Crippen molar-refractivity contribution < 1.29 is 9.59 Å². The van der Waals surface area contributed by atoms with E-state index in [0.29, 0.717) is 0 Å². The van der Waals surface area contributed by atoms with E-state index in [9.17, 15) is 0 Å². The maximum atomic E-state index is 8.40. The van der Waals surface area contributed by atoms with Gasteiger partial charge in [0.2, 0.25) is 0 Å². The van der Waals surface area contributed by atoms with Crippen molar-refractivity contribution in [3.05, 3.63) is 12.3 Å². The molecule has 0 rings (SSSR count). The molecular weight excluding hydrogens is 96.1 g/mol. The van der Waals surface area contributed by atoms with Gasteiger partial charge < -0.3 is 9.59 Å². The van der Waals surface area contributed by atoms with Crippen LogP contribution in [-0.4, -0.2) is 18.2 Å². The maximum Gasteiger partial charge on any atom is 0.355 e. The molecule has 0 heterocycles. The minimum Gasteiger partial charge on any atom is -0.408 e. The highest BCUT2D eigenvalue weighted by atomic mass is 28.4. The quantitative estimate of drug-likeness (QED) is 0.451. The van der Waals surface area contributed by atoms with Crippen LogP contribution < -0.4 is 0 Å². The van der Waals surface area contributed by atoms with E-state index in [1.54, 1.807) is 0 Å². The predicted octanol–water partition coefficient (Wildman–Crippen LogP) is -0.232. The average molecular weight is 104 g/mol. The molecule has 6 heavy (non-hydrogen) atoms. The van der Waals surface area contributed by atoms with Crippen molar-refractivity contribution >= 4 is 8.56 Å². The van der Waals surface area contributed by atoms with Crippen LogP contribution in [-0.2, 0) is 0 Å². The van der Waals surface area contributed by atoms with Crippen LogP contribution in [0, 0.1) is 0 Å². The van der Waals surface area contributed by atoms with Gasteiger partial charge in [-0.25, -0.2) is 0 Å². The fraction of sp³-hybridized carbons (Fsp3) is 0.333. The van der Waals surface area contributed by atoms with Crippen LogP contribution in [0.3, 0.4) is 0 Å². The van der Waals surface area contributed by atoms with Crippen molar-refractivity contribution in [1.29, 1.82) is 0 Å². The zero-order valence-electron chi connectivity index (χ0n) is 3.68. The van der Waals surface area contributed by atoms with Crippen LogP contribution >= 0.6 is 0 Å². The van der Waals surface area contributed by atoms with Crippen molar-refractivity contribution in [1.82, 2.24) is 0 Å². The van der Waals surface area contributed by atoms with E-state index in [4.69, 9.17) is 9.59 Å². The summed E-state index contributed by atoms with van der Waals surface area (Å²) in [5.74, 6) is 0. The Morgan fingerprint density at radius 2 is 1.83 bits per heavy atom. The van der Waals surface area contributed by atoms with E-state index < -0.39 is 8.56 Å². The Hall–Kier alpha value is -0.123. The van der Waals surface area contributed by atoms with E-state index in [0.717, 1.165) is 0 Å². The second kappa shape index (κ2) is 1.55. The summed E-state index contributed by atoms with van der Waals surface area (Å²) in [4.78, 5) is 16.8. The normalized spacial score (nSPS) is 11.2. The van der Waals surface area contributed by atoms with Gasteiger partial charge in [-0.15, -0.1) is 6.58 Å². The highest BCUT2D eigenvalue weighted by Gasteiger charge is 2.13. The lowest BCUT2D eigenvalue weighted by atomic mass is 11.3. The van der Waals surface area contributed by atoms with Gasteiger partial charge in [-0.1, -0.05) is 5.70 Å². The first-order valence-corrected chi connectivity index (χ1v) is 4.12.